The number of furan rings is 2. The van der Waals surface area contributed by atoms with Gasteiger partial charge in [0.25, 0.3) is 0 Å². The summed E-state index contributed by atoms with van der Waals surface area (Å²) in [6.07, 6.45) is 4.00. The van der Waals surface area contributed by atoms with Crippen LogP contribution in [-0.4, -0.2) is 48.7 Å². The third-order valence-corrected chi connectivity index (χ3v) is 5.08. The van der Waals surface area contributed by atoms with Crippen LogP contribution < -0.4 is 10.6 Å². The van der Waals surface area contributed by atoms with Crippen molar-refractivity contribution in [2.75, 3.05) is 32.7 Å². The first kappa shape index (κ1) is 20.5. The predicted octanol–water partition coefficient (Wildman–Crippen LogP) is 2.78. The molecule has 3 N–H and O–H groups in total. The van der Waals surface area contributed by atoms with Gasteiger partial charge in [-0.1, -0.05) is 0 Å². The number of hydrogen-bond donors (Lipinski definition) is 3. The predicted molar refractivity (Wildman–Crippen MR) is 109 cm³/mol. The molecule has 7 nitrogen and oxygen atoms in total. The lowest BCUT2D eigenvalue weighted by molar-refractivity contribution is 0.0437. The van der Waals surface area contributed by atoms with Crippen molar-refractivity contribution in [1.29, 1.82) is 0 Å². The number of rotatable bonds is 8. The van der Waals surface area contributed by atoms with E-state index in [-0.39, 0.29) is 12.6 Å². The van der Waals surface area contributed by atoms with Gasteiger partial charge in [0.2, 0.25) is 0 Å². The number of hydrogen-bond acceptors (Lipinski definition) is 5. The summed E-state index contributed by atoms with van der Waals surface area (Å²) in [6, 6.07) is 7.76. The number of nitrogens with one attached hydrogen (secondary N) is 2. The van der Waals surface area contributed by atoms with Crippen LogP contribution in [0.3, 0.4) is 0 Å². The Labute approximate surface area is 166 Å². The molecule has 1 saturated heterocycles. The molecule has 2 atom stereocenters. The van der Waals surface area contributed by atoms with Crippen LogP contribution in [0.4, 0.5) is 0 Å². The molecular weight excluding hydrogens is 356 g/mol. The van der Waals surface area contributed by atoms with Crippen LogP contribution in [0.2, 0.25) is 0 Å². The first-order valence-electron chi connectivity index (χ1n) is 10.1. The fourth-order valence-electron chi connectivity index (χ4n) is 3.53. The van der Waals surface area contributed by atoms with Crippen molar-refractivity contribution in [3.05, 3.63) is 47.8 Å². The molecule has 0 spiro atoms. The number of likely N-dealkylation sites (tertiary alicyclic amines) is 1. The van der Waals surface area contributed by atoms with E-state index in [9.17, 15) is 5.11 Å². The molecule has 0 aliphatic carbocycles. The average Bonchev–Trinajstić information content (AvgIpc) is 3.42. The Hall–Kier alpha value is -2.25. The molecule has 0 radical (unpaired) electrons. The van der Waals surface area contributed by atoms with Gasteiger partial charge in [-0.3, -0.25) is 4.90 Å². The zero-order chi connectivity index (χ0) is 20.0. The summed E-state index contributed by atoms with van der Waals surface area (Å²) < 4.78 is 11.3. The lowest BCUT2D eigenvalue weighted by atomic mass is 10.0. The number of aryl methyl sites for hydroxylation is 1. The molecule has 1 aliphatic rings. The highest BCUT2D eigenvalue weighted by molar-refractivity contribution is 5.79. The summed E-state index contributed by atoms with van der Waals surface area (Å²) in [5.74, 6) is 3.08. The molecule has 2 aromatic heterocycles. The smallest absolute Gasteiger partial charge is 0.191 e. The van der Waals surface area contributed by atoms with Crippen LogP contribution in [0.15, 0.2) is 44.4 Å². The lowest BCUT2D eigenvalue weighted by Crippen LogP contribution is -2.43. The van der Waals surface area contributed by atoms with E-state index in [2.05, 4.69) is 26.6 Å². The van der Waals surface area contributed by atoms with E-state index in [1.807, 2.05) is 19.9 Å². The maximum Gasteiger partial charge on any atom is 0.191 e. The van der Waals surface area contributed by atoms with Crippen molar-refractivity contribution < 1.29 is 13.9 Å². The average molecular weight is 389 g/mol. The number of aliphatic imine (C=N–C) groups is 1. The summed E-state index contributed by atoms with van der Waals surface area (Å²) >= 11 is 0. The molecule has 7 heteroatoms. The Bertz CT molecular complexity index is 746. The number of aliphatic hydroxyl groups is 1. The van der Waals surface area contributed by atoms with E-state index in [1.165, 1.54) is 12.8 Å². The Morgan fingerprint density at radius 3 is 2.68 bits per heavy atom. The van der Waals surface area contributed by atoms with Gasteiger partial charge in [-0.2, -0.15) is 0 Å². The van der Waals surface area contributed by atoms with Gasteiger partial charge in [0.15, 0.2) is 5.96 Å². The van der Waals surface area contributed by atoms with Crippen LogP contribution in [-0.2, 0) is 5.60 Å². The maximum absolute atomic E-state index is 10.6. The molecule has 2 aromatic rings. The van der Waals surface area contributed by atoms with Gasteiger partial charge in [0.1, 0.15) is 22.9 Å². The number of guanidine groups is 1. The minimum Gasteiger partial charge on any atom is -0.466 e. The van der Waals surface area contributed by atoms with E-state index in [1.54, 1.807) is 25.3 Å². The summed E-state index contributed by atoms with van der Waals surface area (Å²) in [5.41, 5.74) is -1.15. The van der Waals surface area contributed by atoms with Gasteiger partial charge < -0.3 is 24.6 Å². The molecule has 3 rings (SSSR count). The zero-order valence-electron chi connectivity index (χ0n) is 17.1. The van der Waals surface area contributed by atoms with Gasteiger partial charge in [0, 0.05) is 13.1 Å². The highest BCUT2D eigenvalue weighted by atomic mass is 16.4. The van der Waals surface area contributed by atoms with Crippen molar-refractivity contribution in [2.24, 2.45) is 4.99 Å². The van der Waals surface area contributed by atoms with E-state index in [4.69, 9.17) is 8.83 Å². The summed E-state index contributed by atoms with van der Waals surface area (Å²) in [6.45, 7) is 9.47. The van der Waals surface area contributed by atoms with E-state index in [0.29, 0.717) is 18.3 Å². The summed E-state index contributed by atoms with van der Waals surface area (Å²) in [5, 5.41) is 17.3. The largest absolute Gasteiger partial charge is 0.466 e. The molecule has 0 amide bonds. The lowest BCUT2D eigenvalue weighted by Gasteiger charge is -2.27. The van der Waals surface area contributed by atoms with Gasteiger partial charge in [-0.05, 0) is 71.0 Å². The SMILES string of the molecule is CCNC(=NCC(C)(O)c1ccco1)NCC(c1ccc(C)o1)N1CCCC1. The molecule has 0 aromatic carbocycles. The van der Waals surface area contributed by atoms with Crippen molar-refractivity contribution in [3.63, 3.8) is 0 Å². The van der Waals surface area contributed by atoms with Gasteiger partial charge >= 0.3 is 0 Å². The van der Waals surface area contributed by atoms with Crippen LogP contribution in [0.25, 0.3) is 0 Å². The monoisotopic (exact) mass is 388 g/mol. The molecule has 2 unspecified atom stereocenters. The second-order valence-electron chi connectivity index (χ2n) is 7.53. The van der Waals surface area contributed by atoms with Crippen molar-refractivity contribution >= 4 is 5.96 Å². The first-order valence-corrected chi connectivity index (χ1v) is 10.1. The van der Waals surface area contributed by atoms with Crippen LogP contribution >= 0.6 is 0 Å². The number of nitrogens with zero attached hydrogens (tertiary/aromatic N) is 2. The molecule has 1 aliphatic heterocycles. The maximum atomic E-state index is 10.6. The van der Waals surface area contributed by atoms with Crippen LogP contribution in [0, 0.1) is 6.92 Å². The Balaban J connectivity index is 1.68. The molecular formula is C21H32N4O3. The Morgan fingerprint density at radius 1 is 1.29 bits per heavy atom. The van der Waals surface area contributed by atoms with Crippen LogP contribution in [0.5, 0.6) is 0 Å². The van der Waals surface area contributed by atoms with Crippen molar-refractivity contribution in [2.45, 2.75) is 45.3 Å². The summed E-state index contributed by atoms with van der Waals surface area (Å²) in [7, 11) is 0. The van der Waals surface area contributed by atoms with Gasteiger partial charge in [-0.25, -0.2) is 4.99 Å². The third kappa shape index (κ3) is 5.17. The van der Waals surface area contributed by atoms with Crippen LogP contribution in [0.1, 0.15) is 50.0 Å². The molecule has 28 heavy (non-hydrogen) atoms. The molecule has 154 valence electrons. The second-order valence-corrected chi connectivity index (χ2v) is 7.53. The minimum absolute atomic E-state index is 0.158. The second kappa shape index (κ2) is 9.30. The fourth-order valence-corrected chi connectivity index (χ4v) is 3.53. The Kier molecular flexibility index (Phi) is 6.80. The topological polar surface area (TPSA) is 86.2 Å². The highest BCUT2D eigenvalue weighted by Gasteiger charge is 2.28. The molecule has 0 bridgehead atoms. The van der Waals surface area contributed by atoms with Gasteiger partial charge in [0.05, 0.1) is 18.8 Å². The van der Waals surface area contributed by atoms with E-state index >= 15 is 0 Å². The zero-order valence-corrected chi connectivity index (χ0v) is 17.1. The summed E-state index contributed by atoms with van der Waals surface area (Å²) in [4.78, 5) is 7.03. The molecule has 3 heterocycles. The minimum atomic E-state index is -1.15. The van der Waals surface area contributed by atoms with Crippen molar-refractivity contribution in [1.82, 2.24) is 15.5 Å². The van der Waals surface area contributed by atoms with E-state index in [0.717, 1.165) is 31.2 Å². The Morgan fingerprint density at radius 2 is 2.07 bits per heavy atom. The highest BCUT2D eigenvalue weighted by Crippen LogP contribution is 2.26. The van der Waals surface area contributed by atoms with Gasteiger partial charge in [-0.15, -0.1) is 0 Å². The molecule has 0 saturated carbocycles. The molecule has 1 fully saturated rings. The normalized spacial score (nSPS) is 18.8. The van der Waals surface area contributed by atoms with Crippen molar-refractivity contribution in [3.8, 4) is 0 Å². The van der Waals surface area contributed by atoms with E-state index < -0.39 is 5.60 Å². The fraction of sp³-hybridized carbons (Fsp3) is 0.571. The quantitative estimate of drug-likeness (QED) is 0.476. The standard InChI is InChI=1S/C21H32N4O3/c1-4-22-20(24-15-21(3,26)19-8-7-13-27-19)23-14-17(25-11-5-6-12-25)18-10-9-16(2)28-18/h7-10,13,17,26H,4-6,11-12,14-15H2,1-3H3,(H2,22,23,24). The first-order chi connectivity index (χ1) is 13.5. The third-order valence-electron chi connectivity index (χ3n) is 5.08.